The number of benzene rings is 2. The van der Waals surface area contributed by atoms with Gasteiger partial charge in [-0.25, -0.2) is 4.79 Å². The quantitative estimate of drug-likeness (QED) is 0.559. The largest absolute Gasteiger partial charge is 0.444 e. The van der Waals surface area contributed by atoms with Gasteiger partial charge in [0.1, 0.15) is 12.1 Å². The van der Waals surface area contributed by atoms with Crippen LogP contribution in [0.25, 0.3) is 11.1 Å². The van der Waals surface area contributed by atoms with Crippen molar-refractivity contribution < 1.29 is 14.3 Å². The van der Waals surface area contributed by atoms with E-state index >= 15 is 0 Å². The van der Waals surface area contributed by atoms with Gasteiger partial charge in [0.2, 0.25) is 5.91 Å². The molecule has 0 bridgehead atoms. The summed E-state index contributed by atoms with van der Waals surface area (Å²) in [6.07, 6.45) is 3.77. The van der Waals surface area contributed by atoms with Crippen LogP contribution in [-0.4, -0.2) is 55.2 Å². The van der Waals surface area contributed by atoms with E-state index in [1.165, 1.54) is 5.56 Å². The van der Waals surface area contributed by atoms with Crippen LogP contribution in [0.4, 0.5) is 10.5 Å². The lowest BCUT2D eigenvalue weighted by atomic mass is 9.74. The van der Waals surface area contributed by atoms with E-state index in [0.717, 1.165) is 55.6 Å². The lowest BCUT2D eigenvalue weighted by Gasteiger charge is -2.36. The van der Waals surface area contributed by atoms with Gasteiger partial charge in [0.05, 0.1) is 6.07 Å². The van der Waals surface area contributed by atoms with Crippen LogP contribution < -0.4 is 10.2 Å². The first-order valence-electron chi connectivity index (χ1n) is 13.3. The normalized spacial score (nSPS) is 20.2. The number of carbonyl (C=O) groups is 2. The molecule has 1 N–H and O–H groups in total. The van der Waals surface area contributed by atoms with Gasteiger partial charge in [0.25, 0.3) is 0 Å². The van der Waals surface area contributed by atoms with Gasteiger partial charge in [0, 0.05) is 37.8 Å². The van der Waals surface area contributed by atoms with E-state index in [4.69, 9.17) is 10.00 Å². The molecule has 1 saturated carbocycles. The van der Waals surface area contributed by atoms with Crippen molar-refractivity contribution in [1.82, 2.24) is 10.2 Å². The number of rotatable bonds is 5. The molecule has 2 aliphatic rings. The summed E-state index contributed by atoms with van der Waals surface area (Å²) in [4.78, 5) is 29.1. The molecular weight excluding hydrogens is 464 g/mol. The van der Waals surface area contributed by atoms with Crippen LogP contribution in [0.5, 0.6) is 0 Å². The maximum Gasteiger partial charge on any atom is 0.410 e. The summed E-state index contributed by atoms with van der Waals surface area (Å²) >= 11 is 0. The molecule has 1 saturated heterocycles. The van der Waals surface area contributed by atoms with Crippen LogP contribution in [0, 0.1) is 17.2 Å². The maximum absolute atomic E-state index is 12.7. The summed E-state index contributed by atoms with van der Waals surface area (Å²) in [5.74, 6) is 0.0831. The van der Waals surface area contributed by atoms with Gasteiger partial charge in [0.15, 0.2) is 0 Å². The Bertz CT molecular complexity index is 1120. The second-order valence-electron chi connectivity index (χ2n) is 11.0. The van der Waals surface area contributed by atoms with Crippen molar-refractivity contribution in [3.8, 4) is 17.2 Å². The predicted molar refractivity (Wildman–Crippen MR) is 145 cm³/mol. The van der Waals surface area contributed by atoms with Crippen molar-refractivity contribution >= 4 is 17.7 Å². The molecule has 2 amide bonds. The fourth-order valence-corrected chi connectivity index (χ4v) is 5.39. The van der Waals surface area contributed by atoms with Crippen molar-refractivity contribution in [3.63, 3.8) is 0 Å². The second kappa shape index (κ2) is 11.7. The smallest absolute Gasteiger partial charge is 0.410 e. The van der Waals surface area contributed by atoms with Crippen molar-refractivity contribution in [3.05, 3.63) is 54.1 Å². The number of nitrogens with one attached hydrogen (secondary N) is 1. The summed E-state index contributed by atoms with van der Waals surface area (Å²) in [5, 5.41) is 11.6. The maximum atomic E-state index is 12.7. The van der Waals surface area contributed by atoms with Crippen molar-refractivity contribution in [2.24, 2.45) is 5.92 Å². The number of ether oxygens (including phenoxy) is 1. The van der Waals surface area contributed by atoms with Crippen molar-refractivity contribution in [2.45, 2.75) is 58.0 Å². The average Bonchev–Trinajstić information content (AvgIpc) is 2.91. The van der Waals surface area contributed by atoms with Gasteiger partial charge in [-0.1, -0.05) is 49.2 Å². The summed E-state index contributed by atoms with van der Waals surface area (Å²) in [7, 11) is 0. The van der Waals surface area contributed by atoms with Crippen molar-refractivity contribution in [2.75, 3.05) is 37.6 Å². The Labute approximate surface area is 220 Å². The number of piperazine rings is 1. The van der Waals surface area contributed by atoms with Crippen LogP contribution in [0.15, 0.2) is 48.5 Å². The first-order chi connectivity index (χ1) is 17.7. The lowest BCUT2D eigenvalue weighted by molar-refractivity contribution is -0.126. The monoisotopic (exact) mass is 502 g/mol. The highest BCUT2D eigenvalue weighted by molar-refractivity contribution is 5.80. The minimum absolute atomic E-state index is 0.00669. The van der Waals surface area contributed by atoms with Crippen LogP contribution >= 0.6 is 0 Å². The van der Waals surface area contributed by atoms with Crippen LogP contribution in [0.3, 0.4) is 0 Å². The second-order valence-corrected chi connectivity index (χ2v) is 11.0. The lowest BCUT2D eigenvalue weighted by Crippen LogP contribution is -2.50. The molecular formula is C30H38N4O3. The SMILES string of the molecule is CC(C)(C)OC(=O)N1CCN(c2ccc(-c3cccc(C4CCCCC4C(=O)NCC#N)c3)cc2)CC1. The zero-order valence-corrected chi connectivity index (χ0v) is 22.2. The van der Waals surface area contributed by atoms with Gasteiger partial charge < -0.3 is 19.9 Å². The first-order valence-corrected chi connectivity index (χ1v) is 13.3. The first kappa shape index (κ1) is 26.5. The summed E-state index contributed by atoms with van der Waals surface area (Å²) < 4.78 is 5.51. The van der Waals surface area contributed by atoms with Gasteiger partial charge in [-0.3, -0.25) is 4.79 Å². The van der Waals surface area contributed by atoms with Crippen molar-refractivity contribution in [1.29, 1.82) is 5.26 Å². The molecule has 2 unspecified atom stereocenters. The third kappa shape index (κ3) is 6.82. The van der Waals surface area contributed by atoms with Gasteiger partial charge in [-0.05, 0) is 68.4 Å². The molecule has 2 atom stereocenters. The Morgan fingerprint density at radius 2 is 1.70 bits per heavy atom. The van der Waals surface area contributed by atoms with E-state index < -0.39 is 5.60 Å². The third-order valence-corrected chi connectivity index (χ3v) is 7.26. The molecule has 1 aliphatic carbocycles. The third-order valence-electron chi connectivity index (χ3n) is 7.26. The summed E-state index contributed by atoms with van der Waals surface area (Å²) in [5.41, 5.74) is 4.13. The van der Waals surface area contributed by atoms with E-state index in [1.54, 1.807) is 4.90 Å². The molecule has 2 aromatic carbocycles. The number of amides is 2. The number of hydrogen-bond donors (Lipinski definition) is 1. The molecule has 37 heavy (non-hydrogen) atoms. The van der Waals surface area contributed by atoms with Gasteiger partial charge in [-0.15, -0.1) is 0 Å². The Hall–Kier alpha value is -3.53. The highest BCUT2D eigenvalue weighted by Crippen LogP contribution is 2.39. The topological polar surface area (TPSA) is 85.7 Å². The Morgan fingerprint density at radius 1 is 1.00 bits per heavy atom. The Morgan fingerprint density at radius 3 is 2.38 bits per heavy atom. The molecule has 0 aromatic heterocycles. The standard InChI is InChI=1S/C30H38N4O3/c1-30(2,3)37-29(36)34-19-17-33(18-20-34)25-13-11-22(12-14-25)23-7-6-8-24(21-23)26-9-4-5-10-27(26)28(35)32-16-15-31/h6-8,11-14,21,26-27H,4-5,9-10,16-20H2,1-3H3,(H,32,35). The van der Waals surface area contributed by atoms with Crippen LogP contribution in [-0.2, 0) is 9.53 Å². The molecule has 2 fully saturated rings. The highest BCUT2D eigenvalue weighted by Gasteiger charge is 2.32. The fraction of sp³-hybridized carbons (Fsp3) is 0.500. The molecule has 7 nitrogen and oxygen atoms in total. The number of nitriles is 1. The minimum atomic E-state index is -0.483. The zero-order valence-electron chi connectivity index (χ0n) is 22.2. The predicted octanol–water partition coefficient (Wildman–Crippen LogP) is 5.32. The molecule has 1 heterocycles. The van der Waals surface area contributed by atoms with Crippen LogP contribution in [0.1, 0.15) is 57.9 Å². The highest BCUT2D eigenvalue weighted by atomic mass is 16.6. The average molecular weight is 503 g/mol. The number of carbonyl (C=O) groups excluding carboxylic acids is 2. The summed E-state index contributed by atoms with van der Waals surface area (Å²) in [6.45, 7) is 8.55. The Kier molecular flexibility index (Phi) is 8.38. The molecule has 196 valence electrons. The molecule has 1 aliphatic heterocycles. The molecule has 7 heteroatoms. The number of anilines is 1. The fourth-order valence-electron chi connectivity index (χ4n) is 5.39. The van der Waals surface area contributed by atoms with E-state index in [1.807, 2.05) is 26.8 Å². The minimum Gasteiger partial charge on any atom is -0.444 e. The van der Waals surface area contributed by atoms with Gasteiger partial charge >= 0.3 is 6.09 Å². The van der Waals surface area contributed by atoms with Crippen LogP contribution in [0.2, 0.25) is 0 Å². The zero-order chi connectivity index (χ0) is 26.4. The molecule has 0 radical (unpaired) electrons. The van der Waals surface area contributed by atoms with Gasteiger partial charge in [-0.2, -0.15) is 5.26 Å². The van der Waals surface area contributed by atoms with E-state index in [2.05, 4.69) is 58.7 Å². The number of nitrogens with zero attached hydrogens (tertiary/aromatic N) is 3. The molecule has 4 rings (SSSR count). The molecule has 2 aromatic rings. The summed E-state index contributed by atoms with van der Waals surface area (Å²) in [6, 6.07) is 19.1. The van der Waals surface area contributed by atoms with E-state index in [-0.39, 0.29) is 30.4 Å². The van der Waals surface area contributed by atoms with E-state index in [0.29, 0.717) is 13.1 Å². The molecule has 0 spiro atoms. The Balaban J connectivity index is 1.41. The number of hydrogen-bond acceptors (Lipinski definition) is 5. The van der Waals surface area contributed by atoms with E-state index in [9.17, 15) is 9.59 Å².